The number of aliphatic hydroxyl groups excluding tert-OH is 1. The molecule has 1 fully saturated rings. The van der Waals surface area contributed by atoms with Crippen molar-refractivity contribution in [3.8, 4) is 0 Å². The van der Waals surface area contributed by atoms with Gasteiger partial charge in [0.05, 0.1) is 17.9 Å². The molecule has 0 saturated carbocycles. The minimum atomic E-state index is -0.242. The zero-order chi connectivity index (χ0) is 16.3. The molecule has 0 unspecified atom stereocenters. The largest absolute Gasteiger partial charge is 0.396 e. The van der Waals surface area contributed by atoms with Crippen molar-refractivity contribution in [2.75, 3.05) is 33.4 Å². The fourth-order valence-corrected chi connectivity index (χ4v) is 3.35. The first kappa shape index (κ1) is 17.0. The zero-order valence-corrected chi connectivity index (χ0v) is 14.1. The minimum Gasteiger partial charge on any atom is -0.396 e. The van der Waals surface area contributed by atoms with Gasteiger partial charge in [-0.05, 0) is 33.1 Å². The first-order valence-electron chi connectivity index (χ1n) is 7.83. The lowest BCUT2D eigenvalue weighted by Crippen LogP contribution is -2.48. The van der Waals surface area contributed by atoms with Crippen LogP contribution in [0.15, 0.2) is 0 Å². The molecule has 0 aromatic carbocycles. The summed E-state index contributed by atoms with van der Waals surface area (Å²) >= 11 is 0. The molecule has 1 saturated heterocycles. The molecule has 1 aliphatic rings. The average Bonchev–Trinajstić information content (AvgIpc) is 2.77. The first-order chi connectivity index (χ1) is 10.4. The number of aromatic nitrogens is 2. The maximum Gasteiger partial charge on any atom is 0.257 e. The number of carbonyl (C=O) groups is 1. The Morgan fingerprint density at radius 1 is 1.45 bits per heavy atom. The van der Waals surface area contributed by atoms with Crippen LogP contribution in [-0.2, 0) is 11.8 Å². The number of methoxy groups -OCH3 is 1. The number of aryl methyl sites for hydroxylation is 2. The van der Waals surface area contributed by atoms with Gasteiger partial charge in [0.15, 0.2) is 0 Å². The summed E-state index contributed by atoms with van der Waals surface area (Å²) in [6, 6.07) is 0. The van der Waals surface area contributed by atoms with Crippen molar-refractivity contribution in [1.82, 2.24) is 14.7 Å². The second-order valence-corrected chi connectivity index (χ2v) is 6.40. The van der Waals surface area contributed by atoms with Crippen LogP contribution >= 0.6 is 0 Å². The highest BCUT2D eigenvalue weighted by molar-refractivity contribution is 5.96. The summed E-state index contributed by atoms with van der Waals surface area (Å²) in [6.07, 6.45) is 2.62. The molecule has 1 aliphatic heterocycles. The highest BCUT2D eigenvalue weighted by atomic mass is 16.5. The number of hydrogen-bond donors (Lipinski definition) is 1. The number of amides is 1. The number of piperidine rings is 1. The third-order valence-corrected chi connectivity index (χ3v) is 4.84. The predicted octanol–water partition coefficient (Wildman–Crippen LogP) is 1.29. The SMILES string of the molecule is COCC[C@@]1(CO)CCCN(C(=O)c2c(C)nn(C)c2C)C1. The van der Waals surface area contributed by atoms with Gasteiger partial charge in [0.1, 0.15) is 0 Å². The van der Waals surface area contributed by atoms with E-state index in [1.165, 1.54) is 0 Å². The molecule has 1 aromatic rings. The Bertz CT molecular complexity index is 541. The Balaban J connectivity index is 2.19. The van der Waals surface area contributed by atoms with Gasteiger partial charge in [-0.2, -0.15) is 5.10 Å². The van der Waals surface area contributed by atoms with Gasteiger partial charge in [0, 0.05) is 45.0 Å². The van der Waals surface area contributed by atoms with Gasteiger partial charge in [-0.3, -0.25) is 9.48 Å². The fraction of sp³-hybridized carbons (Fsp3) is 0.750. The van der Waals surface area contributed by atoms with E-state index in [1.807, 2.05) is 25.8 Å². The van der Waals surface area contributed by atoms with Crippen LogP contribution in [0.3, 0.4) is 0 Å². The normalized spacial score (nSPS) is 22.1. The highest BCUT2D eigenvalue weighted by Gasteiger charge is 2.37. The van der Waals surface area contributed by atoms with Crippen LogP contribution < -0.4 is 0 Å². The third kappa shape index (κ3) is 3.17. The summed E-state index contributed by atoms with van der Waals surface area (Å²) in [5, 5.41) is 14.2. The average molecular weight is 309 g/mol. The number of likely N-dealkylation sites (tertiary alicyclic amines) is 1. The van der Waals surface area contributed by atoms with Crippen LogP contribution in [0.25, 0.3) is 0 Å². The lowest BCUT2D eigenvalue weighted by molar-refractivity contribution is 0.00892. The van der Waals surface area contributed by atoms with Crippen molar-refractivity contribution < 1.29 is 14.6 Å². The molecule has 6 heteroatoms. The van der Waals surface area contributed by atoms with Crippen molar-refractivity contribution in [2.45, 2.75) is 33.1 Å². The summed E-state index contributed by atoms with van der Waals surface area (Å²) in [5.74, 6) is 0.0260. The Hall–Kier alpha value is -1.40. The molecular weight excluding hydrogens is 282 g/mol. The Morgan fingerprint density at radius 2 is 2.18 bits per heavy atom. The molecule has 124 valence electrons. The van der Waals surface area contributed by atoms with E-state index in [0.717, 1.165) is 37.2 Å². The van der Waals surface area contributed by atoms with E-state index >= 15 is 0 Å². The van der Waals surface area contributed by atoms with Gasteiger partial charge in [-0.25, -0.2) is 0 Å². The fourth-order valence-electron chi connectivity index (χ4n) is 3.35. The standard InChI is InChI=1S/C16H27N3O3/c1-12-14(13(2)18(3)17-12)15(21)19-8-5-6-16(10-19,11-20)7-9-22-4/h20H,5-11H2,1-4H3/t16-/m0/s1. The monoisotopic (exact) mass is 309 g/mol. The van der Waals surface area contributed by atoms with E-state index in [0.29, 0.717) is 18.7 Å². The Kier molecular flexibility index (Phi) is 5.24. The molecule has 0 spiro atoms. The Morgan fingerprint density at radius 3 is 2.73 bits per heavy atom. The summed E-state index contributed by atoms with van der Waals surface area (Å²) in [7, 11) is 3.52. The maximum absolute atomic E-state index is 12.9. The lowest BCUT2D eigenvalue weighted by Gasteiger charge is -2.41. The quantitative estimate of drug-likeness (QED) is 0.890. The van der Waals surface area contributed by atoms with Crippen LogP contribution in [0.5, 0.6) is 0 Å². The molecule has 1 atom stereocenters. The van der Waals surface area contributed by atoms with E-state index in [2.05, 4.69) is 5.10 Å². The van der Waals surface area contributed by atoms with Gasteiger partial charge in [0.2, 0.25) is 0 Å². The van der Waals surface area contributed by atoms with Gasteiger partial charge >= 0.3 is 0 Å². The van der Waals surface area contributed by atoms with E-state index in [1.54, 1.807) is 11.8 Å². The summed E-state index contributed by atoms with van der Waals surface area (Å²) in [4.78, 5) is 14.8. The second-order valence-electron chi connectivity index (χ2n) is 6.40. The van der Waals surface area contributed by atoms with E-state index in [9.17, 15) is 9.90 Å². The van der Waals surface area contributed by atoms with Gasteiger partial charge in [-0.1, -0.05) is 0 Å². The summed E-state index contributed by atoms with van der Waals surface area (Å²) in [6.45, 7) is 5.80. The molecule has 1 aromatic heterocycles. The number of carbonyl (C=O) groups excluding carboxylic acids is 1. The maximum atomic E-state index is 12.9. The number of rotatable bonds is 5. The topological polar surface area (TPSA) is 67.6 Å². The molecule has 2 heterocycles. The van der Waals surface area contributed by atoms with E-state index < -0.39 is 0 Å². The highest BCUT2D eigenvalue weighted by Crippen LogP contribution is 2.34. The minimum absolute atomic E-state index is 0.0260. The summed E-state index contributed by atoms with van der Waals surface area (Å²) in [5.41, 5.74) is 2.11. The van der Waals surface area contributed by atoms with Gasteiger partial charge in [0.25, 0.3) is 5.91 Å². The van der Waals surface area contributed by atoms with Crippen molar-refractivity contribution in [2.24, 2.45) is 12.5 Å². The molecule has 22 heavy (non-hydrogen) atoms. The van der Waals surface area contributed by atoms with E-state index in [-0.39, 0.29) is 17.9 Å². The molecular formula is C16H27N3O3. The van der Waals surface area contributed by atoms with Crippen LogP contribution in [-0.4, -0.2) is 59.1 Å². The number of ether oxygens (including phenoxy) is 1. The van der Waals surface area contributed by atoms with Crippen molar-refractivity contribution in [3.63, 3.8) is 0 Å². The van der Waals surface area contributed by atoms with Crippen molar-refractivity contribution in [1.29, 1.82) is 0 Å². The molecule has 0 radical (unpaired) electrons. The second kappa shape index (κ2) is 6.79. The zero-order valence-electron chi connectivity index (χ0n) is 14.1. The van der Waals surface area contributed by atoms with Crippen molar-refractivity contribution >= 4 is 5.91 Å². The molecule has 6 nitrogen and oxygen atoms in total. The Labute approximate surface area is 132 Å². The summed E-state index contributed by atoms with van der Waals surface area (Å²) < 4.78 is 6.91. The number of hydrogen-bond acceptors (Lipinski definition) is 4. The van der Waals surface area contributed by atoms with Crippen LogP contribution in [0, 0.1) is 19.3 Å². The first-order valence-corrected chi connectivity index (χ1v) is 7.83. The smallest absolute Gasteiger partial charge is 0.257 e. The van der Waals surface area contributed by atoms with Gasteiger partial charge < -0.3 is 14.7 Å². The number of aliphatic hydroxyl groups is 1. The molecule has 1 amide bonds. The number of nitrogens with zero attached hydrogens (tertiary/aromatic N) is 3. The predicted molar refractivity (Wildman–Crippen MR) is 83.8 cm³/mol. The van der Waals surface area contributed by atoms with E-state index in [4.69, 9.17) is 4.74 Å². The molecule has 1 N–H and O–H groups in total. The molecule has 0 aliphatic carbocycles. The lowest BCUT2D eigenvalue weighted by atomic mass is 9.78. The van der Waals surface area contributed by atoms with Crippen LogP contribution in [0.4, 0.5) is 0 Å². The molecule has 0 bridgehead atoms. The van der Waals surface area contributed by atoms with Crippen LogP contribution in [0.1, 0.15) is 41.0 Å². The molecule has 2 rings (SSSR count). The van der Waals surface area contributed by atoms with Gasteiger partial charge in [-0.15, -0.1) is 0 Å². The third-order valence-electron chi connectivity index (χ3n) is 4.84. The van der Waals surface area contributed by atoms with Crippen LogP contribution in [0.2, 0.25) is 0 Å². The van der Waals surface area contributed by atoms with Crippen molar-refractivity contribution in [3.05, 3.63) is 17.0 Å².